The third-order valence-electron chi connectivity index (χ3n) is 4.86. The zero-order valence-electron chi connectivity index (χ0n) is 16.2. The van der Waals surface area contributed by atoms with Gasteiger partial charge < -0.3 is 9.64 Å². The van der Waals surface area contributed by atoms with E-state index in [1.807, 2.05) is 17.0 Å². The monoisotopic (exact) mass is 435 g/mol. The lowest BCUT2D eigenvalue weighted by atomic mass is 10.1. The summed E-state index contributed by atoms with van der Waals surface area (Å²) in [6.45, 7) is 1.93. The van der Waals surface area contributed by atoms with E-state index in [-0.39, 0.29) is 22.6 Å². The van der Waals surface area contributed by atoms with Crippen LogP contribution in [-0.2, 0) is 0 Å². The zero-order chi connectivity index (χ0) is 21.7. The molecule has 2 aromatic carbocycles. The molecule has 1 atom stereocenters. The molecule has 0 aromatic heterocycles. The number of hydrogen-bond acceptors (Lipinski definition) is 5. The minimum absolute atomic E-state index is 0.0419. The molecule has 1 heterocycles. The van der Waals surface area contributed by atoms with Gasteiger partial charge in [-0.2, -0.15) is 18.4 Å². The average Bonchev–Trinajstić information content (AvgIpc) is 2.74. The first-order valence-corrected chi connectivity index (χ1v) is 10.0. The van der Waals surface area contributed by atoms with Crippen LogP contribution in [0, 0.1) is 11.3 Å². The normalized spacial score (nSPS) is 16.0. The Morgan fingerprint density at radius 1 is 1.07 bits per heavy atom. The van der Waals surface area contributed by atoms with Crippen molar-refractivity contribution in [2.24, 2.45) is 0 Å². The number of halogens is 3. The van der Waals surface area contributed by atoms with Gasteiger partial charge in [0.25, 0.3) is 5.91 Å². The number of piperazine rings is 1. The van der Waals surface area contributed by atoms with E-state index in [1.165, 1.54) is 24.3 Å². The third-order valence-corrected chi connectivity index (χ3v) is 5.59. The van der Waals surface area contributed by atoms with Gasteiger partial charge in [-0.15, -0.1) is 0 Å². The molecule has 1 unspecified atom stereocenters. The Labute approximate surface area is 177 Å². The van der Waals surface area contributed by atoms with Crippen molar-refractivity contribution < 1.29 is 22.7 Å². The number of rotatable bonds is 5. The largest absolute Gasteiger partial charge is 0.497 e. The Bertz CT molecular complexity index is 903. The van der Waals surface area contributed by atoms with Crippen LogP contribution in [0.2, 0.25) is 0 Å². The predicted molar refractivity (Wildman–Crippen MR) is 107 cm³/mol. The second-order valence-corrected chi connectivity index (χ2v) is 7.84. The third kappa shape index (κ3) is 5.46. The van der Waals surface area contributed by atoms with Crippen LogP contribution in [0.3, 0.4) is 0 Å². The Morgan fingerprint density at radius 2 is 1.67 bits per heavy atom. The van der Waals surface area contributed by atoms with Gasteiger partial charge in [0, 0.05) is 36.6 Å². The van der Waals surface area contributed by atoms with Crippen LogP contribution in [-0.4, -0.2) is 54.5 Å². The number of nitriles is 1. The van der Waals surface area contributed by atoms with Crippen molar-refractivity contribution >= 4 is 17.7 Å². The summed E-state index contributed by atoms with van der Waals surface area (Å²) in [5.41, 5.74) is -3.15. The number of methoxy groups -OCH3 is 1. The van der Waals surface area contributed by atoms with Crippen LogP contribution in [0.1, 0.15) is 22.0 Å². The van der Waals surface area contributed by atoms with Crippen molar-refractivity contribution in [1.82, 2.24) is 9.80 Å². The second kappa shape index (κ2) is 9.41. The molecule has 0 spiro atoms. The highest BCUT2D eigenvalue weighted by atomic mass is 32.2. The van der Waals surface area contributed by atoms with Crippen LogP contribution in [0.4, 0.5) is 13.2 Å². The fraction of sp³-hybridized carbons (Fsp3) is 0.333. The van der Waals surface area contributed by atoms with Gasteiger partial charge in [0.1, 0.15) is 11.8 Å². The molecule has 0 N–H and O–H groups in total. The van der Waals surface area contributed by atoms with Gasteiger partial charge in [0.05, 0.1) is 13.2 Å². The lowest BCUT2D eigenvalue weighted by molar-refractivity contribution is -0.0328. The molecule has 1 aliphatic heterocycles. The molecule has 2 aromatic rings. The summed E-state index contributed by atoms with van der Waals surface area (Å²) >= 11 is -0.207. The van der Waals surface area contributed by atoms with Crippen LogP contribution in [0.5, 0.6) is 5.75 Å². The van der Waals surface area contributed by atoms with Crippen molar-refractivity contribution in [3.8, 4) is 11.8 Å². The fourth-order valence-corrected chi connectivity index (χ4v) is 3.86. The topological polar surface area (TPSA) is 56.6 Å². The van der Waals surface area contributed by atoms with Gasteiger partial charge in [-0.3, -0.25) is 9.69 Å². The van der Waals surface area contributed by atoms with E-state index in [2.05, 4.69) is 6.07 Å². The van der Waals surface area contributed by atoms with Crippen molar-refractivity contribution in [1.29, 1.82) is 5.26 Å². The standard InChI is InChI=1S/C21H20F3N3O2S/c1-29-17-6-2-15(3-7-17)19(14-25)26-10-12-27(13-11-26)20(28)16-4-8-18(9-5-16)30-21(22,23)24/h2-9,19H,10-13H2,1H3. The van der Waals surface area contributed by atoms with Gasteiger partial charge in [-0.25, -0.2) is 0 Å². The number of benzene rings is 2. The molecule has 1 saturated heterocycles. The smallest absolute Gasteiger partial charge is 0.446 e. The molecule has 0 radical (unpaired) electrons. The van der Waals surface area contributed by atoms with Crippen molar-refractivity contribution in [3.63, 3.8) is 0 Å². The maximum atomic E-state index is 12.7. The number of amides is 1. The van der Waals surface area contributed by atoms with Crippen molar-refractivity contribution in [2.45, 2.75) is 16.4 Å². The predicted octanol–water partition coefficient (Wildman–Crippen LogP) is 4.33. The maximum Gasteiger partial charge on any atom is 0.446 e. The first-order chi connectivity index (χ1) is 14.3. The Morgan fingerprint density at radius 3 is 2.17 bits per heavy atom. The SMILES string of the molecule is COc1ccc(C(C#N)N2CCN(C(=O)c3ccc(SC(F)(F)F)cc3)CC2)cc1. The number of carbonyl (C=O) groups is 1. The molecule has 1 aliphatic rings. The molecule has 0 bridgehead atoms. The van der Waals surface area contributed by atoms with Crippen molar-refractivity contribution in [2.75, 3.05) is 33.3 Å². The zero-order valence-corrected chi connectivity index (χ0v) is 17.0. The number of hydrogen-bond donors (Lipinski definition) is 0. The number of alkyl halides is 3. The van der Waals surface area contributed by atoms with Gasteiger partial charge in [0.15, 0.2) is 0 Å². The summed E-state index contributed by atoms with van der Waals surface area (Å²) in [7, 11) is 1.58. The summed E-state index contributed by atoms with van der Waals surface area (Å²) in [6, 6.07) is 14.6. The Kier molecular flexibility index (Phi) is 6.90. The minimum Gasteiger partial charge on any atom is -0.497 e. The lowest BCUT2D eigenvalue weighted by Gasteiger charge is -2.37. The summed E-state index contributed by atoms with van der Waals surface area (Å²) in [5.74, 6) is 0.488. The highest BCUT2D eigenvalue weighted by Gasteiger charge is 2.30. The summed E-state index contributed by atoms with van der Waals surface area (Å²) in [5, 5.41) is 9.63. The molecular formula is C21H20F3N3O2S. The molecule has 1 amide bonds. The number of ether oxygens (including phenoxy) is 1. The van der Waals surface area contributed by atoms with Crippen molar-refractivity contribution in [3.05, 3.63) is 59.7 Å². The average molecular weight is 435 g/mol. The lowest BCUT2D eigenvalue weighted by Crippen LogP contribution is -2.49. The number of nitrogens with zero attached hydrogens (tertiary/aromatic N) is 3. The van der Waals surface area contributed by atoms with Gasteiger partial charge >= 0.3 is 5.51 Å². The molecule has 9 heteroatoms. The van der Waals surface area contributed by atoms with Gasteiger partial charge in [-0.05, 0) is 53.7 Å². The van der Waals surface area contributed by atoms with Crippen LogP contribution in [0.15, 0.2) is 53.4 Å². The van der Waals surface area contributed by atoms with Gasteiger partial charge in [0.2, 0.25) is 0 Å². The molecule has 3 rings (SSSR count). The molecular weight excluding hydrogens is 415 g/mol. The molecule has 1 fully saturated rings. The fourth-order valence-electron chi connectivity index (χ4n) is 3.32. The quantitative estimate of drug-likeness (QED) is 0.655. The number of thioether (sulfide) groups is 1. The molecule has 5 nitrogen and oxygen atoms in total. The van der Waals surface area contributed by atoms with E-state index in [1.54, 1.807) is 24.1 Å². The van der Waals surface area contributed by atoms with E-state index >= 15 is 0 Å². The van der Waals surface area contributed by atoms with Gasteiger partial charge in [-0.1, -0.05) is 12.1 Å². The molecule has 0 saturated carbocycles. The minimum atomic E-state index is -4.36. The van der Waals surface area contributed by atoms with E-state index < -0.39 is 11.6 Å². The summed E-state index contributed by atoms with van der Waals surface area (Å²) < 4.78 is 42.5. The van der Waals surface area contributed by atoms with E-state index in [9.17, 15) is 23.2 Å². The molecule has 158 valence electrons. The Hall–Kier alpha value is -2.70. The first-order valence-electron chi connectivity index (χ1n) is 9.23. The summed E-state index contributed by atoms with van der Waals surface area (Å²) in [4.78, 5) is 16.4. The number of carbonyl (C=O) groups excluding carboxylic acids is 1. The van der Waals surface area contributed by atoms with Crippen LogP contribution in [0.25, 0.3) is 0 Å². The molecule has 0 aliphatic carbocycles. The Balaban J connectivity index is 1.60. The van der Waals surface area contributed by atoms with E-state index in [0.717, 1.165) is 5.56 Å². The second-order valence-electron chi connectivity index (χ2n) is 6.71. The van der Waals surface area contributed by atoms with Crippen LogP contribution < -0.4 is 4.74 Å². The van der Waals surface area contributed by atoms with E-state index in [0.29, 0.717) is 37.5 Å². The van der Waals surface area contributed by atoms with E-state index in [4.69, 9.17) is 4.74 Å². The summed E-state index contributed by atoms with van der Waals surface area (Å²) in [6.07, 6.45) is 0. The highest BCUT2D eigenvalue weighted by molar-refractivity contribution is 8.00. The highest BCUT2D eigenvalue weighted by Crippen LogP contribution is 2.36. The maximum absolute atomic E-state index is 12.7. The first kappa shape index (κ1) is 22.0. The molecule has 30 heavy (non-hydrogen) atoms. The van der Waals surface area contributed by atoms with Crippen LogP contribution >= 0.6 is 11.8 Å².